The van der Waals surface area contributed by atoms with E-state index in [0.29, 0.717) is 17.6 Å². The number of aldehydes is 1. The van der Waals surface area contributed by atoms with E-state index in [9.17, 15) is 9.59 Å². The van der Waals surface area contributed by atoms with Crippen LogP contribution in [0.2, 0.25) is 5.02 Å². The topological polar surface area (TPSA) is 52.6 Å². The van der Waals surface area contributed by atoms with Crippen molar-refractivity contribution in [2.45, 2.75) is 6.92 Å². The molecule has 0 amide bonds. The molecule has 0 spiro atoms. The minimum absolute atomic E-state index is 0.168. The highest BCUT2D eigenvalue weighted by Crippen LogP contribution is 2.26. The average molecular weight is 243 g/mol. The number of halogens is 1. The molecule has 1 aromatic rings. The lowest BCUT2D eigenvalue weighted by atomic mass is 10.1. The van der Waals surface area contributed by atoms with Crippen molar-refractivity contribution >= 4 is 23.9 Å². The summed E-state index contributed by atoms with van der Waals surface area (Å²) >= 11 is 5.85. The Labute approximate surface area is 98.1 Å². The van der Waals surface area contributed by atoms with E-state index < -0.39 is 5.97 Å². The lowest BCUT2D eigenvalue weighted by Gasteiger charge is -2.08. The second-order valence-electron chi connectivity index (χ2n) is 2.91. The molecule has 0 aliphatic rings. The number of carbonyl (C=O) groups is 2. The third-order valence-electron chi connectivity index (χ3n) is 1.94. The highest BCUT2D eigenvalue weighted by atomic mass is 35.5. The summed E-state index contributed by atoms with van der Waals surface area (Å²) < 4.78 is 9.78. The Balaban J connectivity index is 3.20. The first-order valence-corrected chi connectivity index (χ1v) is 5.01. The number of hydrogen-bond donors (Lipinski definition) is 0. The molecule has 1 rings (SSSR count). The number of benzene rings is 1. The van der Waals surface area contributed by atoms with Gasteiger partial charge < -0.3 is 9.47 Å². The lowest BCUT2D eigenvalue weighted by Crippen LogP contribution is -2.06. The largest absolute Gasteiger partial charge is 0.496 e. The SMILES string of the molecule is CCOC(=O)c1cc(OC)c(C=O)cc1Cl. The van der Waals surface area contributed by atoms with Crippen molar-refractivity contribution in [3.8, 4) is 5.75 Å². The smallest absolute Gasteiger partial charge is 0.339 e. The Morgan fingerprint density at radius 1 is 1.50 bits per heavy atom. The molecule has 16 heavy (non-hydrogen) atoms. The Hall–Kier alpha value is -1.55. The molecule has 0 bridgehead atoms. The quantitative estimate of drug-likeness (QED) is 0.601. The second-order valence-corrected chi connectivity index (χ2v) is 3.32. The Kier molecular flexibility index (Phi) is 4.31. The fraction of sp³-hybridized carbons (Fsp3) is 0.273. The van der Waals surface area contributed by atoms with E-state index in [-0.39, 0.29) is 17.2 Å². The molecule has 1 aromatic carbocycles. The van der Waals surface area contributed by atoms with Crippen LogP contribution in [0.4, 0.5) is 0 Å². The third kappa shape index (κ3) is 2.52. The molecule has 0 aliphatic carbocycles. The van der Waals surface area contributed by atoms with Crippen LogP contribution in [0.3, 0.4) is 0 Å². The minimum atomic E-state index is -0.539. The monoisotopic (exact) mass is 242 g/mol. The maximum atomic E-state index is 11.5. The number of carbonyl (C=O) groups excluding carboxylic acids is 2. The summed E-state index contributed by atoms with van der Waals surface area (Å²) in [6.45, 7) is 1.95. The van der Waals surface area contributed by atoms with Crippen molar-refractivity contribution in [1.29, 1.82) is 0 Å². The van der Waals surface area contributed by atoms with E-state index in [1.165, 1.54) is 19.2 Å². The molecule has 0 N–H and O–H groups in total. The van der Waals surface area contributed by atoms with Crippen molar-refractivity contribution < 1.29 is 19.1 Å². The van der Waals surface area contributed by atoms with Crippen LogP contribution in [0.5, 0.6) is 5.75 Å². The molecule has 5 heteroatoms. The Morgan fingerprint density at radius 3 is 2.69 bits per heavy atom. The van der Waals surface area contributed by atoms with E-state index in [1.807, 2.05) is 0 Å². The summed E-state index contributed by atoms with van der Waals surface area (Å²) in [5, 5.41) is 0.168. The zero-order valence-corrected chi connectivity index (χ0v) is 9.71. The summed E-state index contributed by atoms with van der Waals surface area (Å²) in [5.41, 5.74) is 0.478. The number of rotatable bonds is 4. The van der Waals surface area contributed by atoms with Crippen molar-refractivity contribution in [2.24, 2.45) is 0 Å². The van der Waals surface area contributed by atoms with Gasteiger partial charge in [0.25, 0.3) is 0 Å². The van der Waals surface area contributed by atoms with Gasteiger partial charge in [0, 0.05) is 0 Å². The van der Waals surface area contributed by atoms with Crippen molar-refractivity contribution in [3.05, 3.63) is 28.3 Å². The zero-order chi connectivity index (χ0) is 12.1. The van der Waals surface area contributed by atoms with Gasteiger partial charge in [-0.1, -0.05) is 11.6 Å². The van der Waals surface area contributed by atoms with Crippen molar-refractivity contribution in [3.63, 3.8) is 0 Å². The van der Waals surface area contributed by atoms with Crippen molar-refractivity contribution in [2.75, 3.05) is 13.7 Å². The van der Waals surface area contributed by atoms with Crippen LogP contribution in [0.1, 0.15) is 27.6 Å². The maximum absolute atomic E-state index is 11.5. The highest BCUT2D eigenvalue weighted by Gasteiger charge is 2.15. The average Bonchev–Trinajstić information content (AvgIpc) is 2.28. The highest BCUT2D eigenvalue weighted by molar-refractivity contribution is 6.34. The van der Waals surface area contributed by atoms with Crippen LogP contribution in [-0.4, -0.2) is 26.0 Å². The summed E-state index contributed by atoms with van der Waals surface area (Å²) in [7, 11) is 1.41. The van der Waals surface area contributed by atoms with E-state index >= 15 is 0 Å². The fourth-order valence-electron chi connectivity index (χ4n) is 1.20. The normalized spacial score (nSPS) is 9.69. The standard InChI is InChI=1S/C11H11ClO4/c1-3-16-11(14)8-5-10(15-2)7(6-13)4-9(8)12/h4-6H,3H2,1-2H3. The van der Waals surface area contributed by atoms with E-state index in [0.717, 1.165) is 0 Å². The van der Waals surface area contributed by atoms with Gasteiger partial charge in [-0.3, -0.25) is 4.79 Å². The van der Waals surface area contributed by atoms with Gasteiger partial charge in [0.15, 0.2) is 6.29 Å². The predicted octanol–water partition coefficient (Wildman–Crippen LogP) is 2.34. The van der Waals surface area contributed by atoms with Crippen LogP contribution in [0, 0.1) is 0 Å². The van der Waals surface area contributed by atoms with Crippen LogP contribution < -0.4 is 4.74 Å². The zero-order valence-electron chi connectivity index (χ0n) is 8.95. The molecule has 0 heterocycles. The summed E-state index contributed by atoms with van der Waals surface area (Å²) in [6, 6.07) is 2.77. The van der Waals surface area contributed by atoms with Crippen LogP contribution in [0.15, 0.2) is 12.1 Å². The maximum Gasteiger partial charge on any atom is 0.339 e. The first kappa shape index (κ1) is 12.5. The summed E-state index contributed by atoms with van der Waals surface area (Å²) in [4.78, 5) is 22.2. The first-order valence-electron chi connectivity index (χ1n) is 4.63. The minimum Gasteiger partial charge on any atom is -0.496 e. The van der Waals surface area contributed by atoms with Crippen molar-refractivity contribution in [1.82, 2.24) is 0 Å². The molecule has 0 saturated heterocycles. The van der Waals surface area contributed by atoms with Crippen LogP contribution in [0.25, 0.3) is 0 Å². The van der Waals surface area contributed by atoms with Gasteiger partial charge in [0.2, 0.25) is 0 Å². The van der Waals surface area contributed by atoms with Crippen LogP contribution in [-0.2, 0) is 4.74 Å². The molecule has 0 radical (unpaired) electrons. The van der Waals surface area contributed by atoms with E-state index in [1.54, 1.807) is 6.92 Å². The van der Waals surface area contributed by atoms with Gasteiger partial charge in [-0.15, -0.1) is 0 Å². The van der Waals surface area contributed by atoms with Gasteiger partial charge >= 0.3 is 5.97 Å². The molecule has 4 nitrogen and oxygen atoms in total. The number of ether oxygens (including phenoxy) is 2. The summed E-state index contributed by atoms with van der Waals surface area (Å²) in [6.07, 6.45) is 0.611. The van der Waals surface area contributed by atoms with E-state index in [2.05, 4.69) is 0 Å². The van der Waals surface area contributed by atoms with Gasteiger partial charge in [-0.05, 0) is 19.1 Å². The van der Waals surface area contributed by atoms with Gasteiger partial charge in [0.1, 0.15) is 5.75 Å². The molecule has 0 aliphatic heterocycles. The molecular weight excluding hydrogens is 232 g/mol. The molecule has 86 valence electrons. The van der Waals surface area contributed by atoms with E-state index in [4.69, 9.17) is 21.1 Å². The van der Waals surface area contributed by atoms with Gasteiger partial charge in [-0.25, -0.2) is 4.79 Å². The molecule has 0 fully saturated rings. The molecule has 0 saturated carbocycles. The molecule has 0 aromatic heterocycles. The molecule has 0 atom stereocenters. The lowest BCUT2D eigenvalue weighted by molar-refractivity contribution is 0.0526. The fourth-order valence-corrected chi connectivity index (χ4v) is 1.45. The third-order valence-corrected chi connectivity index (χ3v) is 2.25. The first-order chi connectivity index (χ1) is 7.63. The molecule has 0 unspecified atom stereocenters. The summed E-state index contributed by atoms with van der Waals surface area (Å²) in [5.74, 6) is -0.245. The number of hydrogen-bond acceptors (Lipinski definition) is 4. The Morgan fingerprint density at radius 2 is 2.19 bits per heavy atom. The second kappa shape index (κ2) is 5.51. The predicted molar refractivity (Wildman–Crippen MR) is 59.3 cm³/mol. The van der Waals surface area contributed by atoms with Gasteiger partial charge in [-0.2, -0.15) is 0 Å². The van der Waals surface area contributed by atoms with Gasteiger partial charge in [0.05, 0.1) is 29.9 Å². The molecular formula is C11H11ClO4. The Bertz CT molecular complexity index is 415. The number of methoxy groups -OCH3 is 1. The van der Waals surface area contributed by atoms with Crippen LogP contribution >= 0.6 is 11.6 Å². The number of esters is 1.